The molecule has 29 heavy (non-hydrogen) atoms. The van der Waals surface area contributed by atoms with Crippen molar-refractivity contribution < 1.29 is 13.5 Å². The van der Waals surface area contributed by atoms with Crippen LogP contribution >= 0.6 is 0 Å². The van der Waals surface area contributed by atoms with Crippen LogP contribution in [-0.4, -0.2) is 48.3 Å². The first kappa shape index (κ1) is 17.8. The van der Waals surface area contributed by atoms with Crippen molar-refractivity contribution in [3.63, 3.8) is 0 Å². The zero-order valence-corrected chi connectivity index (χ0v) is 15.7. The number of nitrogens with one attached hydrogen (secondary N) is 1. The van der Waals surface area contributed by atoms with Gasteiger partial charge < -0.3 is 10.1 Å². The molecule has 0 aliphatic heterocycles. The van der Waals surface area contributed by atoms with Gasteiger partial charge in [-0.3, -0.25) is 0 Å². The fourth-order valence-electron chi connectivity index (χ4n) is 3.77. The lowest BCUT2D eigenvalue weighted by Gasteiger charge is -2.28. The summed E-state index contributed by atoms with van der Waals surface area (Å²) in [5.41, 5.74) is 3.28. The van der Waals surface area contributed by atoms with Crippen molar-refractivity contribution in [3.05, 3.63) is 36.9 Å². The Balaban J connectivity index is 1.49. The van der Waals surface area contributed by atoms with E-state index in [1.54, 1.807) is 16.1 Å². The third-order valence-electron chi connectivity index (χ3n) is 5.31. The van der Waals surface area contributed by atoms with Crippen molar-refractivity contribution in [1.82, 2.24) is 29.2 Å². The molecule has 1 aliphatic rings. The minimum Gasteiger partial charge on any atom is -0.479 e. The number of aromatic nitrogens is 6. The number of hydrogen-bond donors (Lipinski definition) is 1. The van der Waals surface area contributed by atoms with Crippen LogP contribution in [-0.2, 0) is 0 Å². The van der Waals surface area contributed by atoms with Gasteiger partial charge in [0, 0.05) is 42.4 Å². The Bertz CT molecular complexity index is 1180. The summed E-state index contributed by atoms with van der Waals surface area (Å²) in [6.07, 6.45) is 5.72. The van der Waals surface area contributed by atoms with Crippen molar-refractivity contribution in [2.24, 2.45) is 0 Å². The Morgan fingerprint density at radius 2 is 2.00 bits per heavy atom. The molecule has 1 saturated carbocycles. The minimum absolute atomic E-state index is 0.0819. The molecule has 150 valence electrons. The van der Waals surface area contributed by atoms with Crippen molar-refractivity contribution in [1.29, 1.82) is 0 Å². The highest BCUT2D eigenvalue weighted by Crippen LogP contribution is 2.35. The molecular formula is C19H19F2N7O. The van der Waals surface area contributed by atoms with Crippen LogP contribution in [0.15, 0.2) is 36.9 Å². The maximum absolute atomic E-state index is 13.4. The number of hydrogen-bond acceptors (Lipinski definition) is 6. The molecule has 4 heterocycles. The van der Waals surface area contributed by atoms with Crippen LogP contribution in [0.5, 0.6) is 5.88 Å². The number of fused-ring (bicyclic) bond motifs is 2. The summed E-state index contributed by atoms with van der Waals surface area (Å²) in [7, 11) is 1.55. The van der Waals surface area contributed by atoms with Crippen LogP contribution in [0.2, 0.25) is 0 Å². The molecule has 5 rings (SSSR count). The molecule has 0 bridgehead atoms. The van der Waals surface area contributed by atoms with Crippen molar-refractivity contribution in [2.45, 2.75) is 37.6 Å². The molecule has 0 saturated heterocycles. The van der Waals surface area contributed by atoms with E-state index in [0.29, 0.717) is 30.2 Å². The number of ether oxygens (including phenoxy) is 1. The number of halogens is 2. The van der Waals surface area contributed by atoms with Gasteiger partial charge in [0.25, 0.3) is 0 Å². The van der Waals surface area contributed by atoms with Gasteiger partial charge in [0.2, 0.25) is 17.8 Å². The van der Waals surface area contributed by atoms with Gasteiger partial charge in [-0.15, -0.1) is 5.10 Å². The van der Waals surface area contributed by atoms with E-state index in [2.05, 4.69) is 25.5 Å². The summed E-state index contributed by atoms with van der Waals surface area (Å²) in [6.45, 7) is 0. The molecule has 1 aliphatic carbocycles. The number of alkyl halides is 2. The molecule has 4 aromatic heterocycles. The van der Waals surface area contributed by atoms with Gasteiger partial charge in [0.15, 0.2) is 5.65 Å². The number of methoxy groups -OCH3 is 1. The van der Waals surface area contributed by atoms with Gasteiger partial charge in [0.05, 0.1) is 7.11 Å². The van der Waals surface area contributed by atoms with E-state index in [-0.39, 0.29) is 18.9 Å². The zero-order chi connectivity index (χ0) is 20.0. The molecule has 0 amide bonds. The molecule has 0 aromatic carbocycles. The fourth-order valence-corrected chi connectivity index (χ4v) is 3.77. The highest BCUT2D eigenvalue weighted by atomic mass is 19.3. The lowest BCUT2D eigenvalue weighted by Crippen LogP contribution is -2.32. The van der Waals surface area contributed by atoms with Crippen LogP contribution in [0.4, 0.5) is 14.7 Å². The quantitative estimate of drug-likeness (QED) is 0.566. The Hall–Kier alpha value is -3.30. The Labute approximate surface area is 164 Å². The van der Waals surface area contributed by atoms with Gasteiger partial charge in [-0.25, -0.2) is 22.8 Å². The summed E-state index contributed by atoms with van der Waals surface area (Å²) < 4.78 is 35.7. The number of rotatable bonds is 4. The predicted octanol–water partition coefficient (Wildman–Crippen LogP) is 3.44. The van der Waals surface area contributed by atoms with Crippen molar-refractivity contribution >= 4 is 17.1 Å². The second-order valence-electron chi connectivity index (χ2n) is 7.22. The minimum atomic E-state index is -2.57. The third kappa shape index (κ3) is 3.24. The van der Waals surface area contributed by atoms with Crippen LogP contribution in [0.3, 0.4) is 0 Å². The fraction of sp³-hybridized carbons (Fsp3) is 0.368. The normalized spacial score (nSPS) is 17.1. The summed E-state index contributed by atoms with van der Waals surface area (Å²) >= 11 is 0. The number of pyridine rings is 1. The Kier molecular flexibility index (Phi) is 4.07. The van der Waals surface area contributed by atoms with E-state index in [1.165, 1.54) is 6.33 Å². The third-order valence-corrected chi connectivity index (χ3v) is 5.31. The molecule has 1 fully saturated rings. The van der Waals surface area contributed by atoms with Gasteiger partial charge in [-0.05, 0) is 31.0 Å². The van der Waals surface area contributed by atoms with Gasteiger partial charge in [0.1, 0.15) is 11.8 Å². The second-order valence-corrected chi connectivity index (χ2v) is 7.22. The van der Waals surface area contributed by atoms with Gasteiger partial charge in [-0.1, -0.05) is 0 Å². The summed E-state index contributed by atoms with van der Waals surface area (Å²) in [5.74, 6) is -1.80. The second kappa shape index (κ2) is 6.64. The highest BCUT2D eigenvalue weighted by Gasteiger charge is 2.35. The summed E-state index contributed by atoms with van der Waals surface area (Å²) in [4.78, 5) is 8.63. The molecule has 10 heteroatoms. The molecule has 0 spiro atoms. The molecule has 4 aromatic rings. The van der Waals surface area contributed by atoms with Crippen LogP contribution in [0.1, 0.15) is 25.7 Å². The molecule has 0 radical (unpaired) electrons. The highest BCUT2D eigenvalue weighted by molar-refractivity contribution is 5.84. The van der Waals surface area contributed by atoms with E-state index in [1.807, 2.05) is 30.6 Å². The predicted molar refractivity (Wildman–Crippen MR) is 102 cm³/mol. The van der Waals surface area contributed by atoms with Crippen molar-refractivity contribution in [2.75, 3.05) is 12.4 Å². The number of nitrogens with zero attached hydrogens (tertiary/aromatic N) is 6. The molecule has 0 unspecified atom stereocenters. The summed E-state index contributed by atoms with van der Waals surface area (Å²) in [5, 5.41) is 11.9. The monoisotopic (exact) mass is 399 g/mol. The van der Waals surface area contributed by atoms with E-state index in [4.69, 9.17) is 4.74 Å². The van der Waals surface area contributed by atoms with Crippen LogP contribution in [0.25, 0.3) is 22.3 Å². The maximum Gasteiger partial charge on any atom is 0.248 e. The van der Waals surface area contributed by atoms with E-state index in [9.17, 15) is 8.78 Å². The standard InChI is InChI=1S/C19H19F2N7O/c1-29-17-16-14(12-2-3-15-22-11-23-28(15)10-12)6-9-27(16)26-18(25-17)24-13-4-7-19(20,21)8-5-13/h2-3,6,9-11,13H,4-5,7-8H2,1H3,(H,24,26). The largest absolute Gasteiger partial charge is 0.479 e. The molecule has 8 nitrogen and oxygen atoms in total. The van der Waals surface area contributed by atoms with Crippen molar-refractivity contribution in [3.8, 4) is 17.0 Å². The molecule has 1 N–H and O–H groups in total. The van der Waals surface area contributed by atoms with E-state index < -0.39 is 5.92 Å². The van der Waals surface area contributed by atoms with E-state index in [0.717, 1.165) is 16.8 Å². The topological polar surface area (TPSA) is 81.6 Å². The molecule has 0 atom stereocenters. The maximum atomic E-state index is 13.4. The summed E-state index contributed by atoms with van der Waals surface area (Å²) in [6, 6.07) is 5.68. The lowest BCUT2D eigenvalue weighted by atomic mass is 9.92. The first-order chi connectivity index (χ1) is 14.0. The Morgan fingerprint density at radius 3 is 2.79 bits per heavy atom. The first-order valence-corrected chi connectivity index (χ1v) is 9.40. The van der Waals surface area contributed by atoms with Crippen LogP contribution in [0, 0.1) is 0 Å². The SMILES string of the molecule is COc1nc(NC2CCC(F)(F)CC2)nn2ccc(-c3ccc4ncnn4c3)c12. The Morgan fingerprint density at radius 1 is 1.17 bits per heavy atom. The molecular weight excluding hydrogens is 380 g/mol. The van der Waals surface area contributed by atoms with Crippen LogP contribution < -0.4 is 10.1 Å². The van der Waals surface area contributed by atoms with Gasteiger partial charge in [-0.2, -0.15) is 10.1 Å². The first-order valence-electron chi connectivity index (χ1n) is 9.40. The number of anilines is 1. The smallest absolute Gasteiger partial charge is 0.248 e. The van der Waals surface area contributed by atoms with E-state index >= 15 is 0 Å². The lowest BCUT2D eigenvalue weighted by molar-refractivity contribution is -0.0361. The zero-order valence-electron chi connectivity index (χ0n) is 15.7. The average Bonchev–Trinajstić information content (AvgIpc) is 3.35. The van der Waals surface area contributed by atoms with Gasteiger partial charge >= 0.3 is 0 Å². The average molecular weight is 399 g/mol.